The lowest BCUT2D eigenvalue weighted by atomic mass is 10.0. The van der Waals surface area contributed by atoms with Crippen LogP contribution in [0.2, 0.25) is 0 Å². The monoisotopic (exact) mass is 225 g/mol. The molecular weight excluding hydrogens is 212 g/mol. The van der Waals surface area contributed by atoms with E-state index in [1.54, 1.807) is 0 Å². The zero-order chi connectivity index (χ0) is 12.9. The van der Waals surface area contributed by atoms with E-state index >= 15 is 0 Å². The summed E-state index contributed by atoms with van der Waals surface area (Å²) >= 11 is 0. The second-order valence-electron chi connectivity index (χ2n) is 2.83. The molecule has 4 atom stereocenters. The number of aliphatic carboxylic acids is 1. The van der Waals surface area contributed by atoms with E-state index in [2.05, 4.69) is 5.11 Å². The topological polar surface area (TPSA) is 156 Å². The summed E-state index contributed by atoms with van der Waals surface area (Å²) in [5.41, 5.74) is 0. The maximum Gasteiger partial charge on any atom is 0.375 e. The first-order valence-corrected chi connectivity index (χ1v) is 3.91. The molecule has 0 aromatic carbocycles. The van der Waals surface area contributed by atoms with Gasteiger partial charge in [0.25, 0.3) is 7.21 Å². The van der Waals surface area contributed by atoms with Crippen LogP contribution in [0.3, 0.4) is 0 Å². The number of carboxylic acid groups (broad SMARTS) is 1. The Morgan fingerprint density at radius 1 is 1.13 bits per heavy atom. The molecule has 0 spiro atoms. The number of aliphatic hydroxyl groups is 5. The molecule has 0 aliphatic heterocycles. The highest BCUT2D eigenvalue weighted by Crippen LogP contribution is 2.06. The van der Waals surface area contributed by atoms with Gasteiger partial charge in [-0.1, -0.05) is 0 Å². The summed E-state index contributed by atoms with van der Waals surface area (Å²) in [6.07, 6.45) is -8.35. The van der Waals surface area contributed by atoms with Gasteiger partial charge in [0.1, 0.15) is 18.3 Å². The maximum atomic E-state index is 10.9. The van der Waals surface area contributed by atoms with Crippen molar-refractivity contribution in [1.29, 1.82) is 1.43 Å². The summed E-state index contributed by atoms with van der Waals surface area (Å²) in [5, 5.41) is 47.9. The highest BCUT2D eigenvalue weighted by atomic mass is 16.4. The summed E-state index contributed by atoms with van der Waals surface area (Å²) in [6.45, 7) is -0.915. The third kappa shape index (κ3) is 3.53. The van der Waals surface area contributed by atoms with E-state index in [0.29, 0.717) is 0 Å². The quantitative estimate of drug-likeness (QED) is 0.250. The molecular formula is C7H12O8. The summed E-state index contributed by atoms with van der Waals surface area (Å²) in [7, 11) is 0. The van der Waals surface area contributed by atoms with Crippen LogP contribution in [0.15, 0.2) is 0 Å². The van der Waals surface area contributed by atoms with E-state index in [4.69, 9.17) is 27.0 Å². The van der Waals surface area contributed by atoms with E-state index in [1.807, 2.05) is 0 Å². The maximum absolute atomic E-state index is 10.9. The van der Waals surface area contributed by atoms with Gasteiger partial charge in [-0.2, -0.15) is 0 Å². The van der Waals surface area contributed by atoms with E-state index in [0.717, 1.165) is 0 Å². The van der Waals surface area contributed by atoms with E-state index < -0.39 is 42.8 Å². The van der Waals surface area contributed by atoms with Gasteiger partial charge >= 0.3 is 5.97 Å². The molecule has 8 heteroatoms. The Bertz CT molecular complexity index is 257. The summed E-state index contributed by atoms with van der Waals surface area (Å²) in [4.78, 5) is 21.4. The first-order chi connectivity index (χ1) is 7.36. The van der Waals surface area contributed by atoms with E-state index in [1.165, 1.54) is 0 Å². The molecule has 0 unspecified atom stereocenters. The molecule has 0 fully saturated rings. The fourth-order valence-corrected chi connectivity index (χ4v) is 0.798. The molecule has 0 saturated heterocycles. The standard InChI is InChI=1S/C7H12O8/c8-1-2(9)3(10)4(11)5(12)6(13)7(14)15/h2-5,8-12H,1H2,(H,14,15)/t2-,3-,4+,5+/m1/s1/i/hD. The number of carbonyl (C=O) groups is 2. The second kappa shape index (κ2) is 5.73. The van der Waals surface area contributed by atoms with Crippen molar-refractivity contribution >= 4 is 11.8 Å². The highest BCUT2D eigenvalue weighted by molar-refractivity contribution is 6.34. The predicted octanol–water partition coefficient (Wildman–Crippen LogP) is -3.92. The zero-order valence-corrected chi connectivity index (χ0v) is 7.48. The molecule has 0 aliphatic carbocycles. The van der Waals surface area contributed by atoms with Gasteiger partial charge < -0.3 is 30.6 Å². The molecule has 0 heterocycles. The van der Waals surface area contributed by atoms with Gasteiger partial charge in [0.05, 0.1) is 6.61 Å². The third-order valence-corrected chi connectivity index (χ3v) is 1.72. The number of hydrogen-bond acceptors (Lipinski definition) is 8. The van der Waals surface area contributed by atoms with Gasteiger partial charge in [-0.15, -0.1) is 0 Å². The Morgan fingerprint density at radius 2 is 1.67 bits per heavy atom. The first-order valence-electron chi connectivity index (χ1n) is 4.32. The summed E-state index contributed by atoms with van der Waals surface area (Å²) in [5.74, 6) is -3.37. The first kappa shape index (κ1) is 12.0. The Kier molecular flexibility index (Phi) is 4.59. The van der Waals surface area contributed by atoms with Crippen LogP contribution in [0, 0.1) is 0 Å². The normalized spacial score (nSPS) is 19.7. The average molecular weight is 225 g/mol. The number of Topliss-reactive ketones (excluding diaryl/α,β-unsaturated/α-hetero) is 1. The lowest BCUT2D eigenvalue weighted by Crippen LogP contribution is -2.50. The van der Waals surface area contributed by atoms with Crippen LogP contribution in [0.4, 0.5) is 0 Å². The van der Waals surface area contributed by atoms with Crippen molar-refractivity contribution in [3.05, 3.63) is 0 Å². The van der Waals surface area contributed by atoms with Crippen molar-refractivity contribution in [1.82, 2.24) is 0 Å². The molecule has 0 saturated carbocycles. The SMILES string of the molecule is [2H]OC(=O)C(=O)[C@@H](O)[C@@H](O)[C@H](O)[C@H](O)CO. The summed E-state index contributed by atoms with van der Waals surface area (Å²) in [6, 6.07) is 0. The van der Waals surface area contributed by atoms with Crippen LogP contribution in [-0.2, 0) is 9.59 Å². The molecule has 0 amide bonds. The molecule has 88 valence electrons. The van der Waals surface area contributed by atoms with E-state index in [9.17, 15) is 9.59 Å². The van der Waals surface area contributed by atoms with Crippen LogP contribution in [-0.4, -0.2) is 73.4 Å². The Labute approximate surface area is 85.5 Å². The number of rotatable bonds is 6. The van der Waals surface area contributed by atoms with Crippen molar-refractivity contribution < 1.29 is 40.2 Å². The lowest BCUT2D eigenvalue weighted by Gasteiger charge is -2.23. The lowest BCUT2D eigenvalue weighted by molar-refractivity contribution is -0.162. The van der Waals surface area contributed by atoms with Crippen molar-refractivity contribution in [2.75, 3.05) is 6.61 Å². The minimum Gasteiger partial charge on any atom is -0.475 e. The molecule has 15 heavy (non-hydrogen) atoms. The Balaban J connectivity index is 4.54. The van der Waals surface area contributed by atoms with Crippen LogP contribution < -0.4 is 0 Å². The van der Waals surface area contributed by atoms with Gasteiger partial charge in [0, 0.05) is 0 Å². The average Bonchev–Trinajstić information content (AvgIpc) is 2.32. The molecule has 0 rings (SSSR count). The number of carbonyl (C=O) groups excluding carboxylic acids is 1. The molecule has 8 nitrogen and oxygen atoms in total. The third-order valence-electron chi connectivity index (χ3n) is 1.72. The second-order valence-corrected chi connectivity index (χ2v) is 2.83. The minimum absolute atomic E-state index is 0.915. The number of hydrogen-bond donors (Lipinski definition) is 6. The highest BCUT2D eigenvalue weighted by Gasteiger charge is 2.36. The predicted molar refractivity (Wildman–Crippen MR) is 43.8 cm³/mol. The van der Waals surface area contributed by atoms with Crippen LogP contribution in [0.1, 0.15) is 0 Å². The fraction of sp³-hybridized carbons (Fsp3) is 0.714. The van der Waals surface area contributed by atoms with Gasteiger partial charge in [-0.25, -0.2) is 4.79 Å². The number of aliphatic hydroxyl groups excluding tert-OH is 5. The van der Waals surface area contributed by atoms with Gasteiger partial charge in [0.15, 0.2) is 6.10 Å². The zero-order valence-electron chi connectivity index (χ0n) is 8.48. The number of carboxylic acids is 1. The largest absolute Gasteiger partial charge is 0.475 e. The smallest absolute Gasteiger partial charge is 0.375 e. The Hall–Kier alpha value is -1.06. The van der Waals surface area contributed by atoms with Crippen molar-refractivity contribution in [3.8, 4) is 0 Å². The molecule has 0 aliphatic rings. The fourth-order valence-electron chi connectivity index (χ4n) is 0.798. The number of ketones is 1. The Morgan fingerprint density at radius 3 is 2.07 bits per heavy atom. The van der Waals surface area contributed by atoms with Crippen LogP contribution in [0.25, 0.3) is 1.43 Å². The van der Waals surface area contributed by atoms with Crippen molar-refractivity contribution in [2.45, 2.75) is 24.4 Å². The molecule has 0 bridgehead atoms. The van der Waals surface area contributed by atoms with Crippen LogP contribution in [0.5, 0.6) is 0 Å². The molecule has 6 N–H and O–H groups in total. The van der Waals surface area contributed by atoms with E-state index in [-0.39, 0.29) is 0 Å². The van der Waals surface area contributed by atoms with Crippen molar-refractivity contribution in [2.24, 2.45) is 0 Å². The molecule has 0 radical (unpaired) electrons. The van der Waals surface area contributed by atoms with Gasteiger partial charge in [-0.3, -0.25) is 4.79 Å². The van der Waals surface area contributed by atoms with Gasteiger partial charge in [-0.05, 0) is 0 Å². The summed E-state index contributed by atoms with van der Waals surface area (Å²) < 4.78 is 6.09. The molecule has 0 aromatic heterocycles. The van der Waals surface area contributed by atoms with Crippen molar-refractivity contribution in [3.63, 3.8) is 0 Å². The minimum atomic E-state index is -2.35. The molecule has 0 aromatic rings. The van der Waals surface area contributed by atoms with Gasteiger partial charge in [0.2, 0.25) is 0 Å². The van der Waals surface area contributed by atoms with Crippen LogP contribution >= 0.6 is 0 Å².